The summed E-state index contributed by atoms with van der Waals surface area (Å²) in [6.07, 6.45) is 5.74. The van der Waals surface area contributed by atoms with E-state index in [9.17, 15) is 8.42 Å². The van der Waals surface area contributed by atoms with E-state index in [0.29, 0.717) is 11.6 Å². The molecule has 0 radical (unpaired) electrons. The molecule has 0 amide bonds. The topological polar surface area (TPSA) is 68.3 Å². The second-order valence-corrected chi connectivity index (χ2v) is 5.94. The van der Waals surface area contributed by atoms with Gasteiger partial charge in [0.1, 0.15) is 0 Å². The van der Waals surface area contributed by atoms with E-state index in [0.717, 1.165) is 31.1 Å². The van der Waals surface area contributed by atoms with Crippen LogP contribution in [0.3, 0.4) is 0 Å². The summed E-state index contributed by atoms with van der Waals surface area (Å²) in [6, 6.07) is 1.85. The van der Waals surface area contributed by atoms with E-state index in [1.165, 1.54) is 0 Å². The molecular weight excluding hydrogens is 240 g/mol. The van der Waals surface area contributed by atoms with Crippen molar-refractivity contribution in [2.24, 2.45) is 0 Å². The Kier molecular flexibility index (Phi) is 3.24. The third-order valence-corrected chi connectivity index (χ3v) is 3.02. The first-order chi connectivity index (χ1) is 7.99. The van der Waals surface area contributed by atoms with Gasteiger partial charge in [0.15, 0.2) is 11.6 Å². The molecule has 1 heterocycles. The molecule has 1 N–H and O–H groups in total. The highest BCUT2D eigenvalue weighted by Crippen LogP contribution is 2.34. The van der Waals surface area contributed by atoms with E-state index in [1.807, 2.05) is 13.0 Å². The van der Waals surface area contributed by atoms with Crippen LogP contribution in [0.15, 0.2) is 12.3 Å². The number of hydrogen-bond donors (Lipinski definition) is 1. The third-order valence-electron chi connectivity index (χ3n) is 2.46. The third kappa shape index (κ3) is 3.33. The van der Waals surface area contributed by atoms with Crippen LogP contribution in [-0.2, 0) is 16.4 Å². The molecule has 0 saturated heterocycles. The first-order valence-electron chi connectivity index (χ1n) is 5.62. The fourth-order valence-corrected chi connectivity index (χ4v) is 2.00. The summed E-state index contributed by atoms with van der Waals surface area (Å²) in [4.78, 5) is 4.04. The lowest BCUT2D eigenvalue weighted by molar-refractivity contribution is 0.301. The Morgan fingerprint density at radius 1 is 1.53 bits per heavy atom. The van der Waals surface area contributed by atoms with E-state index in [4.69, 9.17) is 4.74 Å². The van der Waals surface area contributed by atoms with Crippen LogP contribution in [-0.4, -0.2) is 25.8 Å². The van der Waals surface area contributed by atoms with Gasteiger partial charge in [-0.15, -0.1) is 0 Å². The zero-order chi connectivity index (χ0) is 12.5. The van der Waals surface area contributed by atoms with Gasteiger partial charge in [-0.05, 0) is 30.9 Å². The normalized spacial score (nSPS) is 15.6. The summed E-state index contributed by atoms with van der Waals surface area (Å²) in [5, 5.41) is 0. The minimum atomic E-state index is -3.33. The van der Waals surface area contributed by atoms with Crippen molar-refractivity contribution in [3.8, 4) is 5.75 Å². The molecule has 1 aromatic heterocycles. The molecule has 0 atom stereocenters. The highest BCUT2D eigenvalue weighted by molar-refractivity contribution is 7.92. The molecule has 0 aliphatic heterocycles. The van der Waals surface area contributed by atoms with Crippen molar-refractivity contribution < 1.29 is 13.2 Å². The number of hydrogen-bond acceptors (Lipinski definition) is 4. The lowest BCUT2D eigenvalue weighted by Gasteiger charge is -2.14. The molecule has 17 heavy (non-hydrogen) atoms. The quantitative estimate of drug-likeness (QED) is 0.868. The van der Waals surface area contributed by atoms with Crippen molar-refractivity contribution in [3.63, 3.8) is 0 Å². The van der Waals surface area contributed by atoms with Crippen molar-refractivity contribution in [1.82, 2.24) is 4.98 Å². The van der Waals surface area contributed by atoms with Crippen LogP contribution in [0.4, 0.5) is 5.82 Å². The number of pyridine rings is 1. The molecular formula is C11H16N2O3S. The minimum absolute atomic E-state index is 0.213. The van der Waals surface area contributed by atoms with Crippen LogP contribution in [0.2, 0.25) is 0 Å². The van der Waals surface area contributed by atoms with Crippen molar-refractivity contribution in [1.29, 1.82) is 0 Å². The molecule has 6 heteroatoms. The van der Waals surface area contributed by atoms with Crippen LogP contribution < -0.4 is 9.46 Å². The first-order valence-corrected chi connectivity index (χ1v) is 7.51. The standard InChI is InChI=1S/C11H16N2O3S/c1-3-8-6-7-12-11(13-17(2,14)15)10(8)16-9-4-5-9/h6-7,9H,3-5H2,1-2H3,(H,12,13). The molecule has 1 aliphatic rings. The molecule has 0 bridgehead atoms. The SMILES string of the molecule is CCc1ccnc(NS(C)(=O)=O)c1OC1CC1. The highest BCUT2D eigenvalue weighted by atomic mass is 32.2. The van der Waals surface area contributed by atoms with Crippen LogP contribution in [0.25, 0.3) is 0 Å². The molecule has 2 rings (SSSR count). The Balaban J connectivity index is 2.34. The predicted octanol–water partition coefficient (Wildman–Crippen LogP) is 1.56. The lowest BCUT2D eigenvalue weighted by Crippen LogP contribution is -2.13. The fraction of sp³-hybridized carbons (Fsp3) is 0.545. The lowest BCUT2D eigenvalue weighted by atomic mass is 10.2. The van der Waals surface area contributed by atoms with Crippen LogP contribution in [0.5, 0.6) is 5.75 Å². The van der Waals surface area contributed by atoms with Crippen molar-refractivity contribution in [2.75, 3.05) is 11.0 Å². The van der Waals surface area contributed by atoms with Gasteiger partial charge >= 0.3 is 0 Å². The van der Waals surface area contributed by atoms with E-state index < -0.39 is 10.0 Å². The number of nitrogens with one attached hydrogen (secondary N) is 1. The maximum Gasteiger partial charge on any atom is 0.231 e. The minimum Gasteiger partial charge on any atom is -0.486 e. The summed E-state index contributed by atoms with van der Waals surface area (Å²) in [6.45, 7) is 2.00. The number of nitrogens with zero attached hydrogens (tertiary/aromatic N) is 1. The Labute approximate surface area is 101 Å². The van der Waals surface area contributed by atoms with Crippen molar-refractivity contribution in [2.45, 2.75) is 32.3 Å². The molecule has 1 fully saturated rings. The van der Waals surface area contributed by atoms with Gasteiger partial charge in [-0.2, -0.15) is 0 Å². The molecule has 0 unspecified atom stereocenters. The average Bonchev–Trinajstić information content (AvgIpc) is 3.02. The van der Waals surface area contributed by atoms with Crippen LogP contribution in [0, 0.1) is 0 Å². The number of aromatic nitrogens is 1. The summed E-state index contributed by atoms with van der Waals surface area (Å²) < 4.78 is 30.6. The maximum absolute atomic E-state index is 11.2. The van der Waals surface area contributed by atoms with Crippen molar-refractivity contribution in [3.05, 3.63) is 17.8 Å². The zero-order valence-corrected chi connectivity index (χ0v) is 10.8. The Morgan fingerprint density at radius 2 is 2.24 bits per heavy atom. The summed E-state index contributed by atoms with van der Waals surface area (Å²) in [5.41, 5.74) is 0.970. The number of anilines is 1. The molecule has 5 nitrogen and oxygen atoms in total. The first kappa shape index (κ1) is 12.2. The largest absolute Gasteiger partial charge is 0.486 e. The second kappa shape index (κ2) is 4.52. The number of rotatable bonds is 5. The van der Waals surface area contributed by atoms with Gasteiger partial charge < -0.3 is 4.74 Å². The van der Waals surface area contributed by atoms with E-state index in [-0.39, 0.29) is 6.10 Å². The highest BCUT2D eigenvalue weighted by Gasteiger charge is 2.26. The summed E-state index contributed by atoms with van der Waals surface area (Å²) in [5.74, 6) is 0.863. The Hall–Kier alpha value is -1.30. The van der Waals surface area contributed by atoms with E-state index in [2.05, 4.69) is 9.71 Å². The van der Waals surface area contributed by atoms with Gasteiger partial charge in [-0.3, -0.25) is 4.72 Å². The Bertz CT molecular complexity index is 509. The van der Waals surface area contributed by atoms with Gasteiger partial charge in [-0.25, -0.2) is 13.4 Å². The molecule has 0 spiro atoms. The molecule has 94 valence electrons. The molecule has 0 aromatic carbocycles. The number of aryl methyl sites for hydroxylation is 1. The van der Waals surface area contributed by atoms with Gasteiger partial charge in [0, 0.05) is 6.20 Å². The maximum atomic E-state index is 11.2. The average molecular weight is 256 g/mol. The molecule has 1 aliphatic carbocycles. The predicted molar refractivity (Wildman–Crippen MR) is 65.7 cm³/mol. The molecule has 1 saturated carbocycles. The smallest absolute Gasteiger partial charge is 0.231 e. The van der Waals surface area contributed by atoms with Gasteiger partial charge in [-0.1, -0.05) is 6.92 Å². The summed E-state index contributed by atoms with van der Waals surface area (Å²) in [7, 11) is -3.33. The Morgan fingerprint density at radius 3 is 2.76 bits per heavy atom. The van der Waals surface area contributed by atoms with Crippen LogP contribution >= 0.6 is 0 Å². The van der Waals surface area contributed by atoms with Crippen LogP contribution in [0.1, 0.15) is 25.3 Å². The zero-order valence-electron chi connectivity index (χ0n) is 9.93. The van der Waals surface area contributed by atoms with Crippen molar-refractivity contribution >= 4 is 15.8 Å². The second-order valence-electron chi connectivity index (χ2n) is 4.19. The number of ether oxygens (including phenoxy) is 1. The fourth-order valence-electron chi connectivity index (χ4n) is 1.50. The molecule has 1 aromatic rings. The monoisotopic (exact) mass is 256 g/mol. The summed E-state index contributed by atoms with van der Waals surface area (Å²) >= 11 is 0. The number of sulfonamides is 1. The van der Waals surface area contributed by atoms with Gasteiger partial charge in [0.2, 0.25) is 10.0 Å². The van der Waals surface area contributed by atoms with Gasteiger partial charge in [0.05, 0.1) is 12.4 Å². The van der Waals surface area contributed by atoms with E-state index >= 15 is 0 Å². The van der Waals surface area contributed by atoms with E-state index in [1.54, 1.807) is 6.20 Å². The van der Waals surface area contributed by atoms with Gasteiger partial charge in [0.25, 0.3) is 0 Å².